The minimum absolute atomic E-state index is 0.0316. The van der Waals surface area contributed by atoms with Gasteiger partial charge in [0, 0.05) is 18.0 Å². The number of halogens is 2. The second-order valence-electron chi connectivity index (χ2n) is 6.60. The van der Waals surface area contributed by atoms with Crippen molar-refractivity contribution >= 4 is 33.4 Å². The third-order valence-corrected chi connectivity index (χ3v) is 7.27. The number of ether oxygens (including phenoxy) is 2. The van der Waals surface area contributed by atoms with Crippen molar-refractivity contribution < 1.29 is 31.5 Å². The molecule has 0 unspecified atom stereocenters. The molecule has 0 radical (unpaired) electrons. The van der Waals surface area contributed by atoms with Crippen LogP contribution in [0, 0.1) is 0 Å². The molecule has 0 saturated carbocycles. The van der Waals surface area contributed by atoms with Crippen LogP contribution in [0.3, 0.4) is 0 Å². The second-order valence-corrected chi connectivity index (χ2v) is 9.54. The second kappa shape index (κ2) is 10.4. The van der Waals surface area contributed by atoms with Crippen molar-refractivity contribution in [3.63, 3.8) is 0 Å². The first-order chi connectivity index (χ1) is 14.8. The Labute approximate surface area is 183 Å². The van der Waals surface area contributed by atoms with Crippen LogP contribution in [0.1, 0.15) is 5.56 Å². The Balaban J connectivity index is 1.80. The molecule has 31 heavy (non-hydrogen) atoms. The summed E-state index contributed by atoms with van der Waals surface area (Å²) >= 11 is 0.340. The molecule has 0 bridgehead atoms. The van der Waals surface area contributed by atoms with Crippen molar-refractivity contribution in [1.82, 2.24) is 4.31 Å². The van der Waals surface area contributed by atoms with E-state index in [0.29, 0.717) is 30.5 Å². The summed E-state index contributed by atoms with van der Waals surface area (Å²) < 4.78 is 63.3. The molecule has 1 aliphatic rings. The van der Waals surface area contributed by atoms with E-state index in [4.69, 9.17) is 9.47 Å². The van der Waals surface area contributed by atoms with Crippen molar-refractivity contribution in [2.45, 2.75) is 22.0 Å². The topological polar surface area (TPSA) is 84.9 Å². The predicted molar refractivity (Wildman–Crippen MR) is 113 cm³/mol. The largest absolute Gasteiger partial charge is 0.495 e. The zero-order chi connectivity index (χ0) is 22.4. The molecule has 1 amide bonds. The Hall–Kier alpha value is -2.21. The molecule has 1 fully saturated rings. The highest BCUT2D eigenvalue weighted by Gasteiger charge is 2.29. The van der Waals surface area contributed by atoms with Crippen LogP contribution in [0.25, 0.3) is 0 Å². The lowest BCUT2D eigenvalue weighted by Gasteiger charge is -2.26. The summed E-state index contributed by atoms with van der Waals surface area (Å²) in [6.45, 7) is 1.07. The molecule has 1 heterocycles. The first-order valence-corrected chi connectivity index (χ1v) is 11.7. The maximum Gasteiger partial charge on any atom is 0.288 e. The molecule has 11 heteroatoms. The average molecular weight is 473 g/mol. The van der Waals surface area contributed by atoms with Gasteiger partial charge in [0.25, 0.3) is 5.76 Å². The van der Waals surface area contributed by atoms with E-state index >= 15 is 0 Å². The zero-order valence-electron chi connectivity index (χ0n) is 16.7. The molecular formula is C20H22F2N2O5S2. The summed E-state index contributed by atoms with van der Waals surface area (Å²) in [5.74, 6) is -2.90. The smallest absolute Gasteiger partial charge is 0.288 e. The lowest BCUT2D eigenvalue weighted by atomic mass is 10.1. The van der Waals surface area contributed by atoms with Crippen LogP contribution in [-0.2, 0) is 26.0 Å². The maximum atomic E-state index is 13.1. The summed E-state index contributed by atoms with van der Waals surface area (Å²) in [5.41, 5.74) is 0.719. The molecule has 3 rings (SSSR count). The number of carbonyl (C=O) groups is 1. The molecule has 1 aliphatic heterocycles. The minimum atomic E-state index is -3.83. The number of anilines is 1. The maximum absolute atomic E-state index is 13.1. The van der Waals surface area contributed by atoms with E-state index in [1.165, 1.54) is 35.7 Å². The molecule has 1 saturated heterocycles. The molecule has 0 aliphatic carbocycles. The Morgan fingerprint density at radius 1 is 1.23 bits per heavy atom. The van der Waals surface area contributed by atoms with Gasteiger partial charge in [0.1, 0.15) is 10.6 Å². The van der Waals surface area contributed by atoms with E-state index < -0.39 is 21.7 Å². The van der Waals surface area contributed by atoms with Crippen molar-refractivity contribution in [2.24, 2.45) is 0 Å². The molecule has 168 valence electrons. The number of rotatable bonds is 8. The van der Waals surface area contributed by atoms with Gasteiger partial charge >= 0.3 is 0 Å². The van der Waals surface area contributed by atoms with Gasteiger partial charge in [-0.1, -0.05) is 30.0 Å². The van der Waals surface area contributed by atoms with E-state index in [1.54, 1.807) is 18.2 Å². The summed E-state index contributed by atoms with van der Waals surface area (Å²) in [6, 6.07) is 10.8. The molecule has 0 atom stereocenters. The third-order valence-electron chi connectivity index (χ3n) is 4.56. The van der Waals surface area contributed by atoms with Crippen molar-refractivity contribution in [3.8, 4) is 5.75 Å². The summed E-state index contributed by atoms with van der Waals surface area (Å²) in [4.78, 5) is 12.7. The lowest BCUT2D eigenvalue weighted by molar-refractivity contribution is -0.115. The van der Waals surface area contributed by atoms with Crippen molar-refractivity contribution in [1.29, 1.82) is 0 Å². The highest BCUT2D eigenvalue weighted by molar-refractivity contribution is 7.99. The van der Waals surface area contributed by atoms with E-state index in [2.05, 4.69) is 5.32 Å². The Morgan fingerprint density at radius 2 is 1.94 bits per heavy atom. The van der Waals surface area contributed by atoms with E-state index in [9.17, 15) is 22.0 Å². The van der Waals surface area contributed by atoms with Crippen LogP contribution in [0.15, 0.2) is 52.3 Å². The lowest BCUT2D eigenvalue weighted by Crippen LogP contribution is -2.40. The fourth-order valence-electron chi connectivity index (χ4n) is 3.11. The molecule has 2 aromatic carbocycles. The Bertz CT molecular complexity index is 1030. The number of nitrogens with zero attached hydrogens (tertiary/aromatic N) is 1. The van der Waals surface area contributed by atoms with Gasteiger partial charge in [-0.15, -0.1) is 0 Å². The number of hydrogen-bond donors (Lipinski definition) is 1. The number of methoxy groups -OCH3 is 1. The molecule has 7 nitrogen and oxygen atoms in total. The number of hydrogen-bond acceptors (Lipinski definition) is 6. The highest BCUT2D eigenvalue weighted by Crippen LogP contribution is 2.32. The van der Waals surface area contributed by atoms with Gasteiger partial charge in [-0.3, -0.25) is 4.79 Å². The number of alkyl halides is 2. The normalized spacial score (nSPS) is 15.1. The molecule has 2 aromatic rings. The highest BCUT2D eigenvalue weighted by atomic mass is 32.2. The number of thioether (sulfide) groups is 1. The van der Waals surface area contributed by atoms with Crippen LogP contribution in [0.4, 0.5) is 14.5 Å². The fourth-order valence-corrected chi connectivity index (χ4v) is 5.32. The number of amides is 1. The van der Waals surface area contributed by atoms with Gasteiger partial charge < -0.3 is 14.8 Å². The van der Waals surface area contributed by atoms with Gasteiger partial charge in [0.15, 0.2) is 0 Å². The third kappa shape index (κ3) is 5.94. The van der Waals surface area contributed by atoms with Gasteiger partial charge in [0.2, 0.25) is 15.9 Å². The number of nitrogens with one attached hydrogen (secondary N) is 1. The molecule has 1 N–H and O–H groups in total. The number of benzene rings is 2. The van der Waals surface area contributed by atoms with Crippen LogP contribution in [0.5, 0.6) is 5.75 Å². The average Bonchev–Trinajstić information content (AvgIpc) is 2.75. The SMILES string of the molecule is COc1ccc(CC(=O)Nc2ccccc2SC(F)F)cc1S(=O)(=O)N1CCOCC1. The minimum Gasteiger partial charge on any atom is -0.495 e. The van der Waals surface area contributed by atoms with E-state index in [0.717, 1.165) is 0 Å². The zero-order valence-corrected chi connectivity index (χ0v) is 18.3. The number of carbonyl (C=O) groups excluding carboxylic acids is 1. The standard InChI is InChI=1S/C20H22F2N2O5S2/c1-28-16-7-6-14(12-18(16)31(26,27)24-8-10-29-11-9-24)13-19(25)23-15-4-2-3-5-17(15)30-20(21)22/h2-7,12,20H,8-11,13H2,1H3,(H,23,25). The van der Waals surface area contributed by atoms with Crippen LogP contribution < -0.4 is 10.1 Å². The number of sulfonamides is 1. The quantitative estimate of drug-likeness (QED) is 0.594. The predicted octanol–water partition coefficient (Wildman–Crippen LogP) is 3.21. The molecule has 0 spiro atoms. The van der Waals surface area contributed by atoms with E-state index in [1.807, 2.05) is 0 Å². The van der Waals surface area contributed by atoms with Gasteiger partial charge in [0.05, 0.1) is 32.4 Å². The van der Waals surface area contributed by atoms with Crippen molar-refractivity contribution in [3.05, 3.63) is 48.0 Å². The summed E-state index contributed by atoms with van der Waals surface area (Å²) in [6.07, 6.45) is -0.136. The first kappa shape index (κ1) is 23.5. The first-order valence-electron chi connectivity index (χ1n) is 9.40. The summed E-state index contributed by atoms with van der Waals surface area (Å²) in [5, 5.41) is 2.61. The molecular weight excluding hydrogens is 450 g/mol. The van der Waals surface area contributed by atoms with Gasteiger partial charge in [-0.2, -0.15) is 13.1 Å². The molecule has 0 aromatic heterocycles. The number of morpholine rings is 1. The van der Waals surface area contributed by atoms with Gasteiger partial charge in [-0.25, -0.2) is 8.42 Å². The fraction of sp³-hybridized carbons (Fsp3) is 0.350. The summed E-state index contributed by atoms with van der Waals surface area (Å²) in [7, 11) is -2.46. The van der Waals surface area contributed by atoms with Crippen LogP contribution >= 0.6 is 11.8 Å². The van der Waals surface area contributed by atoms with Crippen molar-refractivity contribution in [2.75, 3.05) is 38.7 Å². The van der Waals surface area contributed by atoms with Gasteiger partial charge in [-0.05, 0) is 29.8 Å². The monoisotopic (exact) mass is 472 g/mol. The van der Waals surface area contributed by atoms with Crippen LogP contribution in [0.2, 0.25) is 0 Å². The Kier molecular flexibility index (Phi) is 7.87. The number of para-hydroxylation sites is 1. The Morgan fingerprint density at radius 3 is 2.61 bits per heavy atom. The van der Waals surface area contributed by atoms with E-state index in [-0.39, 0.29) is 40.7 Å². The van der Waals surface area contributed by atoms with Crippen LogP contribution in [-0.4, -0.2) is 57.8 Å².